The first-order valence-corrected chi connectivity index (χ1v) is 7.85. The van der Waals surface area contributed by atoms with Crippen molar-refractivity contribution < 1.29 is 12.8 Å². The Balaban J connectivity index is 2.27. The molecule has 6 nitrogen and oxygen atoms in total. The molecular weight excluding hydrogens is 307 g/mol. The number of aromatic nitrogens is 3. The second-order valence-corrected chi connectivity index (χ2v) is 6.56. The summed E-state index contributed by atoms with van der Waals surface area (Å²) in [6.07, 6.45) is 2.26. The minimum atomic E-state index is -3.33. The summed E-state index contributed by atoms with van der Waals surface area (Å²) in [5, 5.41) is 2.80. The second kappa shape index (κ2) is 5.68. The lowest BCUT2D eigenvalue weighted by molar-refractivity contribution is 0.592. The molecule has 0 spiro atoms. The van der Waals surface area contributed by atoms with E-state index in [2.05, 4.69) is 20.3 Å². The van der Waals surface area contributed by atoms with Crippen LogP contribution in [0.25, 0.3) is 0 Å². The molecule has 2 aromatic rings. The Kier molecular flexibility index (Phi) is 4.15. The average molecular weight is 317 g/mol. The van der Waals surface area contributed by atoms with E-state index in [1.54, 1.807) is 0 Å². The summed E-state index contributed by atoms with van der Waals surface area (Å²) in [6, 6.07) is 4.00. The molecule has 0 radical (unpaired) electrons. The van der Waals surface area contributed by atoms with Crippen molar-refractivity contribution in [3.63, 3.8) is 0 Å². The molecule has 0 fully saturated rings. The van der Waals surface area contributed by atoms with Crippen LogP contribution in [0.5, 0.6) is 0 Å². The van der Waals surface area contributed by atoms with E-state index in [9.17, 15) is 12.8 Å². The zero-order chi connectivity index (χ0) is 14.8. The SMILES string of the molecule is CS(=O)(=O)Cc1cc(Nc2ncnc(Cl)n2)ccc1F. The first kappa shape index (κ1) is 14.6. The van der Waals surface area contributed by atoms with Gasteiger partial charge < -0.3 is 5.32 Å². The summed E-state index contributed by atoms with van der Waals surface area (Å²) in [5.74, 6) is -0.789. The van der Waals surface area contributed by atoms with Crippen LogP contribution in [0.15, 0.2) is 24.5 Å². The molecule has 9 heteroatoms. The Hall–Kier alpha value is -1.80. The molecule has 0 bridgehead atoms. The van der Waals surface area contributed by atoms with Gasteiger partial charge in [0.15, 0.2) is 9.84 Å². The van der Waals surface area contributed by atoms with Crippen molar-refractivity contribution in [3.05, 3.63) is 41.2 Å². The van der Waals surface area contributed by atoms with Gasteiger partial charge in [0, 0.05) is 17.5 Å². The smallest absolute Gasteiger partial charge is 0.231 e. The predicted molar refractivity (Wildman–Crippen MR) is 73.1 cm³/mol. The summed E-state index contributed by atoms with van der Waals surface area (Å²) in [6.45, 7) is 0. The van der Waals surface area contributed by atoms with Gasteiger partial charge in [0.25, 0.3) is 0 Å². The van der Waals surface area contributed by atoms with E-state index in [4.69, 9.17) is 11.6 Å². The number of anilines is 2. The number of hydrogen-bond acceptors (Lipinski definition) is 6. The molecule has 0 aliphatic rings. The number of rotatable bonds is 4. The van der Waals surface area contributed by atoms with Crippen molar-refractivity contribution >= 4 is 33.1 Å². The third kappa shape index (κ3) is 4.10. The van der Waals surface area contributed by atoms with Crippen LogP contribution in [0, 0.1) is 5.82 Å². The van der Waals surface area contributed by atoms with Crippen molar-refractivity contribution in [2.75, 3.05) is 11.6 Å². The average Bonchev–Trinajstić information content (AvgIpc) is 2.32. The molecule has 0 saturated heterocycles. The van der Waals surface area contributed by atoms with Crippen LogP contribution >= 0.6 is 11.6 Å². The molecule has 1 N–H and O–H groups in total. The third-order valence-corrected chi connectivity index (χ3v) is 3.28. The maximum atomic E-state index is 13.5. The normalized spacial score (nSPS) is 11.3. The molecule has 0 aliphatic carbocycles. The highest BCUT2D eigenvalue weighted by molar-refractivity contribution is 7.89. The standard InChI is InChI=1S/C11H10ClFN4O2S/c1-20(18,19)5-7-4-8(2-3-9(7)13)16-11-15-6-14-10(12)17-11/h2-4,6H,5H2,1H3,(H,14,15,16,17). The van der Waals surface area contributed by atoms with Crippen molar-refractivity contribution in [3.8, 4) is 0 Å². The minimum absolute atomic E-state index is 0.0148. The molecule has 1 aromatic carbocycles. The summed E-state index contributed by atoms with van der Waals surface area (Å²) in [7, 11) is -3.33. The van der Waals surface area contributed by atoms with Gasteiger partial charge >= 0.3 is 0 Å². The molecule has 20 heavy (non-hydrogen) atoms. The molecule has 0 saturated carbocycles. The van der Waals surface area contributed by atoms with Crippen LogP contribution < -0.4 is 5.32 Å². The van der Waals surface area contributed by atoms with Gasteiger partial charge in [-0.25, -0.2) is 22.8 Å². The van der Waals surface area contributed by atoms with Crippen molar-refractivity contribution in [2.45, 2.75) is 5.75 Å². The van der Waals surface area contributed by atoms with Gasteiger partial charge in [0.2, 0.25) is 11.2 Å². The number of sulfone groups is 1. The van der Waals surface area contributed by atoms with Crippen molar-refractivity contribution in [2.24, 2.45) is 0 Å². The Morgan fingerprint density at radius 3 is 2.75 bits per heavy atom. The van der Waals surface area contributed by atoms with Crippen LogP contribution in [0.2, 0.25) is 5.28 Å². The lowest BCUT2D eigenvalue weighted by atomic mass is 10.2. The van der Waals surface area contributed by atoms with E-state index in [0.717, 1.165) is 6.26 Å². The molecule has 1 aromatic heterocycles. The van der Waals surface area contributed by atoms with Gasteiger partial charge in [-0.2, -0.15) is 4.98 Å². The molecule has 0 unspecified atom stereocenters. The van der Waals surface area contributed by atoms with Crippen molar-refractivity contribution in [1.29, 1.82) is 0 Å². The second-order valence-electron chi connectivity index (χ2n) is 4.08. The van der Waals surface area contributed by atoms with Gasteiger partial charge in [0.1, 0.15) is 12.1 Å². The number of halogens is 2. The van der Waals surface area contributed by atoms with Crippen LogP contribution in [-0.2, 0) is 15.6 Å². The van der Waals surface area contributed by atoms with E-state index < -0.39 is 15.7 Å². The Bertz CT molecular complexity index is 739. The topological polar surface area (TPSA) is 84.8 Å². The predicted octanol–water partition coefficient (Wildman–Crippen LogP) is 1.95. The minimum Gasteiger partial charge on any atom is -0.324 e. The van der Waals surface area contributed by atoms with Gasteiger partial charge in [-0.1, -0.05) is 0 Å². The summed E-state index contributed by atoms with van der Waals surface area (Å²) < 4.78 is 36.0. The quantitative estimate of drug-likeness (QED) is 0.928. The lowest BCUT2D eigenvalue weighted by Crippen LogP contribution is -2.04. The number of benzene rings is 1. The highest BCUT2D eigenvalue weighted by Gasteiger charge is 2.11. The highest BCUT2D eigenvalue weighted by Crippen LogP contribution is 2.19. The highest BCUT2D eigenvalue weighted by atomic mass is 35.5. The maximum absolute atomic E-state index is 13.5. The molecule has 2 rings (SSSR count). The summed E-state index contributed by atoms with van der Waals surface area (Å²) in [4.78, 5) is 11.3. The van der Waals surface area contributed by atoms with Crippen LogP contribution in [0.1, 0.15) is 5.56 Å². The first-order chi connectivity index (χ1) is 9.33. The van der Waals surface area contributed by atoms with Crippen LogP contribution in [-0.4, -0.2) is 29.6 Å². The van der Waals surface area contributed by atoms with Gasteiger partial charge in [0.05, 0.1) is 5.75 Å². The molecule has 0 amide bonds. The first-order valence-electron chi connectivity index (χ1n) is 5.41. The van der Waals surface area contributed by atoms with E-state index in [-0.39, 0.29) is 22.5 Å². The van der Waals surface area contributed by atoms with E-state index in [0.29, 0.717) is 5.69 Å². The molecule has 1 heterocycles. The van der Waals surface area contributed by atoms with Gasteiger partial charge in [-0.05, 0) is 29.8 Å². The largest absolute Gasteiger partial charge is 0.324 e. The zero-order valence-corrected chi connectivity index (χ0v) is 11.9. The third-order valence-electron chi connectivity index (χ3n) is 2.26. The van der Waals surface area contributed by atoms with E-state index in [1.165, 1.54) is 24.5 Å². The maximum Gasteiger partial charge on any atom is 0.231 e. The fourth-order valence-corrected chi connectivity index (χ4v) is 2.42. The number of nitrogens with one attached hydrogen (secondary N) is 1. The van der Waals surface area contributed by atoms with Crippen molar-refractivity contribution in [1.82, 2.24) is 15.0 Å². The Morgan fingerprint density at radius 1 is 1.35 bits per heavy atom. The molecule has 106 valence electrons. The van der Waals surface area contributed by atoms with Crippen LogP contribution in [0.4, 0.5) is 16.0 Å². The van der Waals surface area contributed by atoms with Crippen LogP contribution in [0.3, 0.4) is 0 Å². The Morgan fingerprint density at radius 2 is 2.10 bits per heavy atom. The van der Waals surface area contributed by atoms with Gasteiger partial charge in [-0.15, -0.1) is 0 Å². The van der Waals surface area contributed by atoms with Gasteiger partial charge in [-0.3, -0.25) is 0 Å². The zero-order valence-electron chi connectivity index (χ0n) is 10.3. The lowest BCUT2D eigenvalue weighted by Gasteiger charge is -2.07. The summed E-state index contributed by atoms with van der Waals surface area (Å²) in [5.41, 5.74) is 0.518. The Labute approximate surface area is 120 Å². The van der Waals surface area contributed by atoms with E-state index in [1.807, 2.05) is 0 Å². The molecular formula is C11H10ClFN4O2S. The fraction of sp³-hybridized carbons (Fsp3) is 0.182. The van der Waals surface area contributed by atoms with E-state index >= 15 is 0 Å². The molecule has 0 atom stereocenters. The number of hydrogen-bond donors (Lipinski definition) is 1. The molecule has 0 aliphatic heterocycles. The fourth-order valence-electron chi connectivity index (χ4n) is 1.51. The summed E-state index contributed by atoms with van der Waals surface area (Å²) >= 11 is 5.61. The monoisotopic (exact) mass is 316 g/mol. The number of nitrogens with zero attached hydrogens (tertiary/aromatic N) is 3.